The Morgan fingerprint density at radius 2 is 2.23 bits per heavy atom. The van der Waals surface area contributed by atoms with Crippen molar-refractivity contribution >= 4 is 22.9 Å². The summed E-state index contributed by atoms with van der Waals surface area (Å²) in [5.41, 5.74) is 0. The van der Waals surface area contributed by atoms with E-state index in [2.05, 4.69) is 4.90 Å². The first-order valence-corrected chi connectivity index (χ1v) is 5.33. The summed E-state index contributed by atoms with van der Waals surface area (Å²) in [6.45, 7) is 1.03. The molecule has 13 heavy (non-hydrogen) atoms. The average Bonchev–Trinajstić information content (AvgIpc) is 2.47. The van der Waals surface area contributed by atoms with Gasteiger partial charge >= 0.3 is 0 Å². The Balaban J connectivity index is 2.66. The number of aliphatic hydroxyl groups is 1. The molecular weight excluding hydrogens is 206 g/mol. The SMILES string of the molecule is CN(C)CC(CO)c1ccc(Cl)s1. The van der Waals surface area contributed by atoms with Crippen molar-refractivity contribution in [2.45, 2.75) is 5.92 Å². The van der Waals surface area contributed by atoms with Gasteiger partial charge in [-0.25, -0.2) is 0 Å². The molecule has 2 nitrogen and oxygen atoms in total. The molecule has 0 saturated carbocycles. The van der Waals surface area contributed by atoms with Crippen LogP contribution in [0.3, 0.4) is 0 Å². The van der Waals surface area contributed by atoms with Crippen molar-refractivity contribution in [3.63, 3.8) is 0 Å². The molecule has 0 fully saturated rings. The molecular formula is C9H14ClNOS. The molecule has 0 aromatic carbocycles. The third kappa shape index (κ3) is 3.27. The molecule has 1 heterocycles. The Kier molecular flexibility index (Phi) is 4.19. The molecule has 1 atom stereocenters. The quantitative estimate of drug-likeness (QED) is 0.838. The molecule has 0 amide bonds. The lowest BCUT2D eigenvalue weighted by Crippen LogP contribution is -2.21. The van der Waals surface area contributed by atoms with Crippen LogP contribution in [0.15, 0.2) is 12.1 Å². The van der Waals surface area contributed by atoms with Gasteiger partial charge in [-0.2, -0.15) is 0 Å². The van der Waals surface area contributed by atoms with Crippen LogP contribution >= 0.6 is 22.9 Å². The lowest BCUT2D eigenvalue weighted by Gasteiger charge is -2.17. The summed E-state index contributed by atoms with van der Waals surface area (Å²) in [4.78, 5) is 3.22. The van der Waals surface area contributed by atoms with Gasteiger partial charge in [0.25, 0.3) is 0 Å². The summed E-state index contributed by atoms with van der Waals surface area (Å²) in [6, 6.07) is 3.86. The minimum absolute atomic E-state index is 0.176. The van der Waals surface area contributed by atoms with Crippen LogP contribution in [0.4, 0.5) is 0 Å². The van der Waals surface area contributed by atoms with Crippen LogP contribution in [0.25, 0.3) is 0 Å². The van der Waals surface area contributed by atoms with E-state index in [0.717, 1.165) is 15.8 Å². The Morgan fingerprint density at radius 3 is 2.62 bits per heavy atom. The van der Waals surface area contributed by atoms with Gasteiger partial charge in [0.05, 0.1) is 10.9 Å². The largest absolute Gasteiger partial charge is 0.396 e. The van der Waals surface area contributed by atoms with Crippen LogP contribution in [0.5, 0.6) is 0 Å². The fraction of sp³-hybridized carbons (Fsp3) is 0.556. The van der Waals surface area contributed by atoms with Crippen LogP contribution < -0.4 is 0 Å². The third-order valence-electron chi connectivity index (χ3n) is 1.80. The number of rotatable bonds is 4. The predicted molar refractivity (Wildman–Crippen MR) is 57.7 cm³/mol. The summed E-state index contributed by atoms with van der Waals surface area (Å²) >= 11 is 7.36. The first kappa shape index (κ1) is 11.0. The molecule has 1 unspecified atom stereocenters. The molecule has 0 aliphatic carbocycles. The van der Waals surface area contributed by atoms with Crippen molar-refractivity contribution in [3.05, 3.63) is 21.3 Å². The lowest BCUT2D eigenvalue weighted by molar-refractivity contribution is 0.236. The molecule has 0 bridgehead atoms. The molecule has 1 aromatic rings. The van der Waals surface area contributed by atoms with Gasteiger partial charge in [0, 0.05) is 17.3 Å². The topological polar surface area (TPSA) is 23.5 Å². The molecule has 0 aliphatic heterocycles. The van der Waals surface area contributed by atoms with Gasteiger partial charge < -0.3 is 10.0 Å². The second-order valence-corrected chi connectivity index (χ2v) is 5.03. The van der Waals surface area contributed by atoms with Gasteiger partial charge in [-0.3, -0.25) is 0 Å². The molecule has 1 rings (SSSR count). The summed E-state index contributed by atoms with van der Waals surface area (Å²) in [7, 11) is 4.00. The molecule has 0 radical (unpaired) electrons. The number of likely N-dealkylation sites (N-methyl/N-ethyl adjacent to an activating group) is 1. The molecule has 0 aliphatic rings. The minimum atomic E-state index is 0.176. The van der Waals surface area contributed by atoms with Crippen molar-refractivity contribution in [2.75, 3.05) is 27.2 Å². The summed E-state index contributed by atoms with van der Waals surface area (Å²) in [6.07, 6.45) is 0. The summed E-state index contributed by atoms with van der Waals surface area (Å²) < 4.78 is 0.784. The van der Waals surface area contributed by atoms with Gasteiger partial charge in [0.15, 0.2) is 0 Å². The van der Waals surface area contributed by atoms with E-state index >= 15 is 0 Å². The zero-order valence-corrected chi connectivity index (χ0v) is 9.40. The van der Waals surface area contributed by atoms with Gasteiger partial charge in [-0.15, -0.1) is 11.3 Å². The zero-order chi connectivity index (χ0) is 9.84. The standard InChI is InChI=1S/C9H14ClNOS/c1-11(2)5-7(6-12)8-3-4-9(10)13-8/h3-4,7,12H,5-6H2,1-2H3. The van der Waals surface area contributed by atoms with E-state index in [1.807, 2.05) is 26.2 Å². The fourth-order valence-electron chi connectivity index (χ4n) is 1.23. The molecule has 0 spiro atoms. The van der Waals surface area contributed by atoms with Crippen LogP contribution in [0, 0.1) is 0 Å². The minimum Gasteiger partial charge on any atom is -0.396 e. The lowest BCUT2D eigenvalue weighted by atomic mass is 10.1. The highest BCUT2D eigenvalue weighted by Crippen LogP contribution is 2.28. The predicted octanol–water partition coefficient (Wildman–Crippen LogP) is 2.04. The highest BCUT2D eigenvalue weighted by atomic mass is 35.5. The van der Waals surface area contributed by atoms with E-state index in [-0.39, 0.29) is 12.5 Å². The van der Waals surface area contributed by atoms with E-state index < -0.39 is 0 Å². The first-order valence-electron chi connectivity index (χ1n) is 4.14. The van der Waals surface area contributed by atoms with Crippen molar-refractivity contribution in [2.24, 2.45) is 0 Å². The average molecular weight is 220 g/mol. The molecule has 74 valence electrons. The van der Waals surface area contributed by atoms with E-state index in [1.54, 1.807) is 11.3 Å². The van der Waals surface area contributed by atoms with E-state index in [0.29, 0.717) is 0 Å². The van der Waals surface area contributed by atoms with Crippen molar-refractivity contribution in [1.82, 2.24) is 4.90 Å². The van der Waals surface area contributed by atoms with Gasteiger partial charge in [-0.05, 0) is 26.2 Å². The Hall–Kier alpha value is -0.0900. The summed E-state index contributed by atoms with van der Waals surface area (Å²) in [5, 5.41) is 9.17. The first-order chi connectivity index (χ1) is 6.13. The number of thiophene rings is 1. The molecule has 0 saturated heterocycles. The normalized spacial score (nSPS) is 13.6. The summed E-state index contributed by atoms with van der Waals surface area (Å²) in [5.74, 6) is 0.187. The molecule has 1 N–H and O–H groups in total. The van der Waals surface area contributed by atoms with Crippen LogP contribution in [0.1, 0.15) is 10.8 Å². The monoisotopic (exact) mass is 219 g/mol. The fourth-order valence-corrected chi connectivity index (χ4v) is 2.37. The number of halogens is 1. The van der Waals surface area contributed by atoms with Crippen LogP contribution in [0.2, 0.25) is 4.34 Å². The van der Waals surface area contributed by atoms with Gasteiger partial charge in [0.1, 0.15) is 0 Å². The number of hydrogen-bond donors (Lipinski definition) is 1. The molecule has 4 heteroatoms. The van der Waals surface area contributed by atoms with Crippen molar-refractivity contribution < 1.29 is 5.11 Å². The maximum Gasteiger partial charge on any atom is 0.0931 e. The van der Waals surface area contributed by atoms with E-state index in [4.69, 9.17) is 11.6 Å². The number of aliphatic hydroxyl groups excluding tert-OH is 1. The van der Waals surface area contributed by atoms with Gasteiger partial charge in [0.2, 0.25) is 0 Å². The smallest absolute Gasteiger partial charge is 0.0931 e. The number of hydrogen-bond acceptors (Lipinski definition) is 3. The van der Waals surface area contributed by atoms with Gasteiger partial charge in [-0.1, -0.05) is 11.6 Å². The van der Waals surface area contributed by atoms with Crippen molar-refractivity contribution in [3.8, 4) is 0 Å². The maximum atomic E-state index is 9.17. The van der Waals surface area contributed by atoms with E-state index in [9.17, 15) is 5.11 Å². The highest BCUT2D eigenvalue weighted by Gasteiger charge is 2.13. The zero-order valence-electron chi connectivity index (χ0n) is 7.83. The molecule has 1 aromatic heterocycles. The number of nitrogens with zero attached hydrogens (tertiary/aromatic N) is 1. The van der Waals surface area contributed by atoms with Crippen LogP contribution in [-0.2, 0) is 0 Å². The maximum absolute atomic E-state index is 9.17. The Labute approximate surface area is 87.8 Å². The second-order valence-electron chi connectivity index (χ2n) is 3.28. The van der Waals surface area contributed by atoms with Crippen molar-refractivity contribution in [1.29, 1.82) is 0 Å². The Morgan fingerprint density at radius 1 is 1.54 bits per heavy atom. The Bertz CT molecular complexity index is 262. The van der Waals surface area contributed by atoms with E-state index in [1.165, 1.54) is 0 Å². The second kappa shape index (κ2) is 4.96. The highest BCUT2D eigenvalue weighted by molar-refractivity contribution is 7.16. The third-order valence-corrected chi connectivity index (χ3v) is 3.20. The van der Waals surface area contributed by atoms with Crippen LogP contribution in [-0.4, -0.2) is 37.3 Å².